The van der Waals surface area contributed by atoms with Crippen LogP contribution >= 0.6 is 0 Å². The maximum absolute atomic E-state index is 12.6. The van der Waals surface area contributed by atoms with E-state index in [0.717, 1.165) is 42.7 Å². The molecule has 6 nitrogen and oxygen atoms in total. The van der Waals surface area contributed by atoms with E-state index < -0.39 is 0 Å². The highest BCUT2D eigenvalue weighted by Gasteiger charge is 2.36. The number of benzene rings is 1. The van der Waals surface area contributed by atoms with Crippen molar-refractivity contribution in [3.63, 3.8) is 0 Å². The monoisotopic (exact) mass is 344 g/mol. The molecular formula is C19H24N2O4. The molecule has 25 heavy (non-hydrogen) atoms. The SMILES string of the molecule is CC(NC(=O)C1CCN(C(=O)C2CC2)CC1)c1ccc2c(c1)OCO2. The molecule has 0 radical (unpaired) electrons. The van der Waals surface area contributed by atoms with Gasteiger partial charge in [-0.15, -0.1) is 0 Å². The summed E-state index contributed by atoms with van der Waals surface area (Å²) < 4.78 is 10.7. The first-order valence-corrected chi connectivity index (χ1v) is 9.10. The fourth-order valence-electron chi connectivity index (χ4n) is 3.55. The lowest BCUT2D eigenvalue weighted by atomic mass is 9.95. The molecule has 1 aliphatic carbocycles. The molecule has 1 atom stereocenters. The Hall–Kier alpha value is -2.24. The van der Waals surface area contributed by atoms with Gasteiger partial charge < -0.3 is 19.7 Å². The first-order valence-electron chi connectivity index (χ1n) is 9.10. The predicted molar refractivity (Wildman–Crippen MR) is 91.2 cm³/mol. The zero-order valence-corrected chi connectivity index (χ0v) is 14.5. The summed E-state index contributed by atoms with van der Waals surface area (Å²) in [6.45, 7) is 3.62. The Morgan fingerprint density at radius 2 is 1.80 bits per heavy atom. The van der Waals surface area contributed by atoms with Gasteiger partial charge in [-0.05, 0) is 50.3 Å². The Kier molecular flexibility index (Phi) is 4.27. The van der Waals surface area contributed by atoms with Crippen LogP contribution in [0.25, 0.3) is 0 Å². The minimum atomic E-state index is -0.0897. The second-order valence-electron chi connectivity index (χ2n) is 7.22. The van der Waals surface area contributed by atoms with Gasteiger partial charge in [-0.1, -0.05) is 6.07 Å². The summed E-state index contributed by atoms with van der Waals surface area (Å²) >= 11 is 0. The van der Waals surface area contributed by atoms with Gasteiger partial charge >= 0.3 is 0 Å². The molecule has 6 heteroatoms. The van der Waals surface area contributed by atoms with Crippen molar-refractivity contribution < 1.29 is 19.1 Å². The van der Waals surface area contributed by atoms with E-state index in [1.807, 2.05) is 30.0 Å². The molecule has 0 aromatic heterocycles. The van der Waals surface area contributed by atoms with Crippen LogP contribution in [-0.2, 0) is 9.59 Å². The number of amides is 2. The van der Waals surface area contributed by atoms with Crippen LogP contribution < -0.4 is 14.8 Å². The van der Waals surface area contributed by atoms with Gasteiger partial charge in [0.1, 0.15) is 0 Å². The highest BCUT2D eigenvalue weighted by atomic mass is 16.7. The third kappa shape index (κ3) is 3.43. The summed E-state index contributed by atoms with van der Waals surface area (Å²) in [5, 5.41) is 3.10. The van der Waals surface area contributed by atoms with Gasteiger partial charge in [-0.25, -0.2) is 0 Å². The Morgan fingerprint density at radius 3 is 2.52 bits per heavy atom. The van der Waals surface area contributed by atoms with Crippen molar-refractivity contribution in [3.8, 4) is 11.5 Å². The summed E-state index contributed by atoms with van der Waals surface area (Å²) in [6.07, 6.45) is 3.56. The Morgan fingerprint density at radius 1 is 1.08 bits per heavy atom. The van der Waals surface area contributed by atoms with Crippen molar-refractivity contribution in [3.05, 3.63) is 23.8 Å². The molecule has 0 bridgehead atoms. The molecule has 2 heterocycles. The summed E-state index contributed by atoms with van der Waals surface area (Å²) in [4.78, 5) is 26.6. The lowest BCUT2D eigenvalue weighted by molar-refractivity contribution is -0.136. The van der Waals surface area contributed by atoms with E-state index in [9.17, 15) is 9.59 Å². The second kappa shape index (κ2) is 6.58. The summed E-state index contributed by atoms with van der Waals surface area (Å²) in [7, 11) is 0. The number of fused-ring (bicyclic) bond motifs is 1. The molecule has 1 aromatic rings. The van der Waals surface area contributed by atoms with Crippen LogP contribution in [0.2, 0.25) is 0 Å². The van der Waals surface area contributed by atoms with Gasteiger partial charge in [-0.3, -0.25) is 9.59 Å². The van der Waals surface area contributed by atoms with Crippen LogP contribution in [0.3, 0.4) is 0 Å². The number of nitrogens with one attached hydrogen (secondary N) is 1. The lowest BCUT2D eigenvalue weighted by Gasteiger charge is -2.32. The zero-order valence-electron chi connectivity index (χ0n) is 14.5. The fourth-order valence-corrected chi connectivity index (χ4v) is 3.55. The number of likely N-dealkylation sites (tertiary alicyclic amines) is 1. The molecule has 134 valence electrons. The van der Waals surface area contributed by atoms with Crippen LogP contribution in [0.4, 0.5) is 0 Å². The topological polar surface area (TPSA) is 67.9 Å². The Labute approximate surface area is 147 Å². The molecule has 2 amide bonds. The highest BCUT2D eigenvalue weighted by molar-refractivity contribution is 5.82. The van der Waals surface area contributed by atoms with Gasteiger partial charge in [0.15, 0.2) is 11.5 Å². The third-order valence-electron chi connectivity index (χ3n) is 5.36. The molecule has 1 unspecified atom stereocenters. The average Bonchev–Trinajstić information content (AvgIpc) is 3.38. The number of ether oxygens (including phenoxy) is 2. The molecule has 4 rings (SSSR count). The van der Waals surface area contributed by atoms with E-state index >= 15 is 0 Å². The lowest BCUT2D eigenvalue weighted by Crippen LogP contribution is -2.43. The molecule has 1 aromatic carbocycles. The minimum absolute atomic E-state index is 0.0142. The summed E-state index contributed by atoms with van der Waals surface area (Å²) in [6, 6.07) is 5.66. The minimum Gasteiger partial charge on any atom is -0.454 e. The molecule has 2 fully saturated rings. The molecule has 2 aliphatic heterocycles. The van der Waals surface area contributed by atoms with Gasteiger partial charge in [0.2, 0.25) is 18.6 Å². The molecule has 1 saturated carbocycles. The standard InChI is InChI=1S/C19H24N2O4/c1-12(15-4-5-16-17(10-15)25-11-24-16)20-18(22)13-6-8-21(9-7-13)19(23)14-2-3-14/h4-5,10,12-14H,2-3,6-9,11H2,1H3,(H,20,22). The number of piperidine rings is 1. The van der Waals surface area contributed by atoms with Crippen LogP contribution in [0, 0.1) is 11.8 Å². The van der Waals surface area contributed by atoms with Crippen LogP contribution in [0.15, 0.2) is 18.2 Å². The van der Waals surface area contributed by atoms with E-state index in [-0.39, 0.29) is 36.5 Å². The smallest absolute Gasteiger partial charge is 0.231 e. The first-order chi connectivity index (χ1) is 12.1. The van der Waals surface area contributed by atoms with Crippen LogP contribution in [-0.4, -0.2) is 36.6 Å². The van der Waals surface area contributed by atoms with Crippen LogP contribution in [0.1, 0.15) is 44.2 Å². The summed E-state index contributed by atoms with van der Waals surface area (Å²) in [5.74, 6) is 2.08. The number of hydrogen-bond donors (Lipinski definition) is 1. The average molecular weight is 344 g/mol. The normalized spacial score (nSPS) is 21.1. The van der Waals surface area contributed by atoms with Crippen molar-refractivity contribution in [1.82, 2.24) is 10.2 Å². The van der Waals surface area contributed by atoms with Crippen molar-refractivity contribution in [1.29, 1.82) is 0 Å². The second-order valence-corrected chi connectivity index (χ2v) is 7.22. The van der Waals surface area contributed by atoms with E-state index in [4.69, 9.17) is 9.47 Å². The van der Waals surface area contributed by atoms with Gasteiger partial charge in [0.25, 0.3) is 0 Å². The zero-order chi connectivity index (χ0) is 17.4. The quantitative estimate of drug-likeness (QED) is 0.910. The van der Waals surface area contributed by atoms with E-state index in [0.29, 0.717) is 13.1 Å². The molecule has 0 spiro atoms. The highest BCUT2D eigenvalue weighted by Crippen LogP contribution is 2.35. The van der Waals surface area contributed by atoms with Crippen molar-refractivity contribution in [2.24, 2.45) is 11.8 Å². The fraction of sp³-hybridized carbons (Fsp3) is 0.579. The number of rotatable bonds is 4. The maximum Gasteiger partial charge on any atom is 0.231 e. The van der Waals surface area contributed by atoms with Gasteiger partial charge in [0, 0.05) is 24.9 Å². The van der Waals surface area contributed by atoms with Gasteiger partial charge in [0.05, 0.1) is 6.04 Å². The predicted octanol–water partition coefficient (Wildman–Crippen LogP) is 2.24. The van der Waals surface area contributed by atoms with Gasteiger partial charge in [-0.2, -0.15) is 0 Å². The van der Waals surface area contributed by atoms with Crippen molar-refractivity contribution in [2.75, 3.05) is 19.9 Å². The maximum atomic E-state index is 12.6. The molecular weight excluding hydrogens is 320 g/mol. The molecule has 3 aliphatic rings. The molecule has 1 N–H and O–H groups in total. The first kappa shape index (κ1) is 16.2. The number of hydrogen-bond acceptors (Lipinski definition) is 4. The van der Waals surface area contributed by atoms with E-state index in [1.165, 1.54) is 0 Å². The van der Waals surface area contributed by atoms with Crippen LogP contribution in [0.5, 0.6) is 11.5 Å². The molecule has 1 saturated heterocycles. The number of nitrogens with zero attached hydrogens (tertiary/aromatic N) is 1. The largest absolute Gasteiger partial charge is 0.454 e. The third-order valence-corrected chi connectivity index (χ3v) is 5.36. The van der Waals surface area contributed by atoms with Crippen molar-refractivity contribution in [2.45, 2.75) is 38.6 Å². The van der Waals surface area contributed by atoms with Crippen molar-refractivity contribution >= 4 is 11.8 Å². The van der Waals surface area contributed by atoms with E-state index in [2.05, 4.69) is 5.32 Å². The number of carbonyl (C=O) groups is 2. The van der Waals surface area contributed by atoms with E-state index in [1.54, 1.807) is 0 Å². The Bertz CT molecular complexity index is 678. The summed E-state index contributed by atoms with van der Waals surface area (Å²) in [5.41, 5.74) is 0.999. The Balaban J connectivity index is 1.30. The number of carbonyl (C=O) groups excluding carboxylic acids is 2.